The Bertz CT molecular complexity index is 478. The molecule has 0 aromatic carbocycles. The Morgan fingerprint density at radius 3 is 2.67 bits per heavy atom. The van der Waals surface area contributed by atoms with Gasteiger partial charge in [0.15, 0.2) is 5.76 Å². The molecule has 0 saturated heterocycles. The summed E-state index contributed by atoms with van der Waals surface area (Å²) < 4.78 is 16.3. The van der Waals surface area contributed by atoms with E-state index < -0.39 is 5.60 Å². The molecule has 2 rings (SSSR count). The number of allylic oxidation sites excluding steroid dienone is 3. The molecule has 0 saturated carbocycles. The lowest BCUT2D eigenvalue weighted by Crippen LogP contribution is -2.22. The van der Waals surface area contributed by atoms with Gasteiger partial charge < -0.3 is 14.2 Å². The first-order valence-corrected chi connectivity index (χ1v) is 7.54. The lowest BCUT2D eigenvalue weighted by Gasteiger charge is -2.23. The van der Waals surface area contributed by atoms with Crippen molar-refractivity contribution in [1.82, 2.24) is 0 Å². The Morgan fingerprint density at radius 1 is 1.24 bits per heavy atom. The molecule has 0 fully saturated rings. The molecule has 0 atom stereocenters. The molecule has 0 N–H and O–H groups in total. The van der Waals surface area contributed by atoms with E-state index in [4.69, 9.17) is 14.2 Å². The number of carbonyl (C=O) groups is 1. The molecule has 0 aromatic heterocycles. The van der Waals surface area contributed by atoms with E-state index in [-0.39, 0.29) is 5.97 Å². The topological polar surface area (TPSA) is 44.8 Å². The third kappa shape index (κ3) is 4.96. The third-order valence-electron chi connectivity index (χ3n) is 3.28. The number of ether oxygens (including phenoxy) is 3. The Kier molecular flexibility index (Phi) is 5.10. The number of carbonyl (C=O) groups excluding carboxylic acids is 1. The summed E-state index contributed by atoms with van der Waals surface area (Å²) in [5, 5.41) is 0. The van der Waals surface area contributed by atoms with Gasteiger partial charge >= 0.3 is 5.97 Å². The Balaban J connectivity index is 2.12. The third-order valence-corrected chi connectivity index (χ3v) is 3.28. The molecule has 2 aliphatic rings. The highest BCUT2D eigenvalue weighted by atomic mass is 16.6. The van der Waals surface area contributed by atoms with Crippen molar-refractivity contribution in [3.05, 3.63) is 35.3 Å². The molecule has 4 heteroatoms. The van der Waals surface area contributed by atoms with Gasteiger partial charge in [-0.15, -0.1) is 0 Å². The molecule has 4 nitrogen and oxygen atoms in total. The van der Waals surface area contributed by atoms with E-state index in [1.54, 1.807) is 6.26 Å². The predicted molar refractivity (Wildman–Crippen MR) is 80.5 cm³/mol. The highest BCUT2D eigenvalue weighted by Crippen LogP contribution is 2.32. The van der Waals surface area contributed by atoms with Crippen LogP contribution in [0.1, 0.15) is 46.5 Å². The highest BCUT2D eigenvalue weighted by molar-refractivity contribution is 5.83. The zero-order valence-corrected chi connectivity index (χ0v) is 13.1. The van der Waals surface area contributed by atoms with Gasteiger partial charge in [0.2, 0.25) is 0 Å². The fraction of sp³-hybridized carbons (Fsp3) is 0.588. The average Bonchev–Trinajstić information content (AvgIpc) is 2.45. The van der Waals surface area contributed by atoms with Crippen LogP contribution in [0.4, 0.5) is 0 Å². The van der Waals surface area contributed by atoms with E-state index in [1.165, 1.54) is 6.08 Å². The number of hydrogen-bond acceptors (Lipinski definition) is 4. The molecule has 0 radical (unpaired) electrons. The van der Waals surface area contributed by atoms with E-state index in [9.17, 15) is 4.79 Å². The second-order valence-electron chi connectivity index (χ2n) is 6.28. The van der Waals surface area contributed by atoms with Crippen molar-refractivity contribution in [1.29, 1.82) is 0 Å². The second kappa shape index (κ2) is 6.83. The maximum atomic E-state index is 11.8. The van der Waals surface area contributed by atoms with Gasteiger partial charge in [0.1, 0.15) is 25.1 Å². The summed E-state index contributed by atoms with van der Waals surface area (Å²) in [5.74, 6) is 0.500. The summed E-state index contributed by atoms with van der Waals surface area (Å²) in [6.07, 6.45) is 9.24. The lowest BCUT2D eigenvalue weighted by atomic mass is 9.90. The van der Waals surface area contributed by atoms with Gasteiger partial charge in [0.05, 0.1) is 0 Å². The summed E-state index contributed by atoms with van der Waals surface area (Å²) in [5.41, 5.74) is 1.83. The van der Waals surface area contributed by atoms with Gasteiger partial charge in [-0.2, -0.15) is 0 Å². The van der Waals surface area contributed by atoms with E-state index in [0.717, 1.165) is 42.6 Å². The van der Waals surface area contributed by atoms with Crippen LogP contribution in [0, 0.1) is 0 Å². The van der Waals surface area contributed by atoms with Crippen molar-refractivity contribution in [3.63, 3.8) is 0 Å². The van der Waals surface area contributed by atoms with Crippen molar-refractivity contribution in [2.45, 2.75) is 52.1 Å². The summed E-state index contributed by atoms with van der Waals surface area (Å²) in [7, 11) is 0. The van der Waals surface area contributed by atoms with Gasteiger partial charge in [-0.1, -0.05) is 6.08 Å². The van der Waals surface area contributed by atoms with Gasteiger partial charge in [-0.25, -0.2) is 4.79 Å². The van der Waals surface area contributed by atoms with Crippen LogP contribution < -0.4 is 0 Å². The monoisotopic (exact) mass is 292 g/mol. The first kappa shape index (κ1) is 15.7. The molecule has 21 heavy (non-hydrogen) atoms. The van der Waals surface area contributed by atoms with E-state index in [0.29, 0.717) is 13.2 Å². The SMILES string of the molecule is CC(C)(C)OC(=O)/C=C/C1=C(C2=COCCO2)CCCC1. The van der Waals surface area contributed by atoms with Crippen LogP contribution in [0.25, 0.3) is 0 Å². The van der Waals surface area contributed by atoms with E-state index in [1.807, 2.05) is 26.8 Å². The number of esters is 1. The zero-order chi connectivity index (χ0) is 15.3. The molecule has 0 unspecified atom stereocenters. The Labute approximate surface area is 126 Å². The van der Waals surface area contributed by atoms with Crippen LogP contribution in [-0.2, 0) is 19.0 Å². The predicted octanol–water partition coefficient (Wildman–Crippen LogP) is 3.64. The zero-order valence-electron chi connectivity index (χ0n) is 13.1. The van der Waals surface area contributed by atoms with Crippen LogP contribution in [-0.4, -0.2) is 24.8 Å². The molecule has 0 amide bonds. The standard InChI is InChI=1S/C17H24O4/c1-17(2,3)21-16(18)9-8-13-6-4-5-7-14(13)15-12-19-10-11-20-15/h8-9,12H,4-7,10-11H2,1-3H3/b9-8+. The van der Waals surface area contributed by atoms with Gasteiger partial charge in [0, 0.05) is 11.6 Å². The highest BCUT2D eigenvalue weighted by Gasteiger charge is 2.19. The van der Waals surface area contributed by atoms with Crippen LogP contribution >= 0.6 is 0 Å². The minimum absolute atomic E-state index is 0.310. The molecule has 116 valence electrons. The van der Waals surface area contributed by atoms with Crippen LogP contribution in [0.2, 0.25) is 0 Å². The largest absolute Gasteiger partial charge is 0.494 e. The van der Waals surface area contributed by atoms with Crippen molar-refractivity contribution in [2.24, 2.45) is 0 Å². The van der Waals surface area contributed by atoms with Gasteiger partial charge in [0.25, 0.3) is 0 Å². The fourth-order valence-electron chi connectivity index (χ4n) is 2.43. The molecule has 0 aromatic rings. The van der Waals surface area contributed by atoms with Crippen molar-refractivity contribution >= 4 is 5.97 Å². The molecule has 0 bridgehead atoms. The van der Waals surface area contributed by atoms with Crippen molar-refractivity contribution in [3.8, 4) is 0 Å². The lowest BCUT2D eigenvalue weighted by molar-refractivity contribution is -0.148. The average molecular weight is 292 g/mol. The van der Waals surface area contributed by atoms with Crippen LogP contribution in [0.3, 0.4) is 0 Å². The molecule has 1 aliphatic heterocycles. The minimum Gasteiger partial charge on any atom is -0.494 e. The maximum absolute atomic E-state index is 11.8. The summed E-state index contributed by atoms with van der Waals surface area (Å²) in [6.45, 7) is 6.77. The normalized spacial score (nSPS) is 19.9. The first-order chi connectivity index (χ1) is 9.96. The summed E-state index contributed by atoms with van der Waals surface area (Å²) in [4.78, 5) is 11.8. The second-order valence-corrected chi connectivity index (χ2v) is 6.28. The maximum Gasteiger partial charge on any atom is 0.331 e. The molecular weight excluding hydrogens is 268 g/mol. The van der Waals surface area contributed by atoms with Crippen molar-refractivity contribution < 1.29 is 19.0 Å². The van der Waals surface area contributed by atoms with Crippen LogP contribution in [0.5, 0.6) is 0 Å². The van der Waals surface area contributed by atoms with E-state index >= 15 is 0 Å². The van der Waals surface area contributed by atoms with Crippen LogP contribution in [0.15, 0.2) is 35.3 Å². The van der Waals surface area contributed by atoms with Gasteiger partial charge in [-0.3, -0.25) is 0 Å². The minimum atomic E-state index is -0.464. The Morgan fingerprint density at radius 2 is 2.00 bits per heavy atom. The molecule has 1 aliphatic carbocycles. The molecular formula is C17H24O4. The van der Waals surface area contributed by atoms with Crippen molar-refractivity contribution in [2.75, 3.05) is 13.2 Å². The molecule has 0 spiro atoms. The number of rotatable bonds is 3. The summed E-state index contributed by atoms with van der Waals surface area (Å²) in [6, 6.07) is 0. The number of hydrogen-bond donors (Lipinski definition) is 0. The first-order valence-electron chi connectivity index (χ1n) is 7.54. The quantitative estimate of drug-likeness (QED) is 0.588. The van der Waals surface area contributed by atoms with E-state index in [2.05, 4.69) is 0 Å². The molecule has 1 heterocycles. The summed E-state index contributed by atoms with van der Waals surface area (Å²) >= 11 is 0. The smallest absolute Gasteiger partial charge is 0.331 e. The van der Waals surface area contributed by atoms with Gasteiger partial charge in [-0.05, 0) is 52.0 Å². The fourth-order valence-corrected chi connectivity index (χ4v) is 2.43. The Hall–Kier alpha value is -1.71.